The van der Waals surface area contributed by atoms with E-state index in [4.69, 9.17) is 19.6 Å². The van der Waals surface area contributed by atoms with Crippen LogP contribution >= 0.6 is 0 Å². The zero-order chi connectivity index (χ0) is 45.9. The standard InChI is InChI=1S/C48H56N12O6/c1-29-38(25-49-45-42(29)60(21-22-65-45)47(64)66-48(2,3)4)58-16-15-31-24-50-46(52-36(31)28-58)51-32-11-9-30(10-12-32)23-40(62)57-19-17-56(18-20-57)33-26-59(27-33)37-8-6-7-34-41(54-55(5)43(34)37)35-13-14-39(61)53-44(35)63/h6-12,24-25,33,35H,13-23,26-28H2,1-5H3,(H,50,51,52)(H,53,61,63). The Labute approximate surface area is 383 Å². The number of hydrogen-bond donors (Lipinski definition) is 2. The number of anilines is 5. The second-order valence-corrected chi connectivity index (χ2v) is 18.9. The minimum atomic E-state index is -0.631. The fourth-order valence-electron chi connectivity index (χ4n) is 9.87. The maximum atomic E-state index is 13.5. The number of rotatable bonds is 8. The molecule has 0 saturated carbocycles. The Morgan fingerprint density at radius 3 is 2.47 bits per heavy atom. The lowest BCUT2D eigenvalue weighted by Gasteiger charge is -2.49. The molecular weight excluding hydrogens is 841 g/mol. The van der Waals surface area contributed by atoms with Crippen LogP contribution in [0.5, 0.6) is 5.88 Å². The Bertz CT molecular complexity index is 2720. The Morgan fingerprint density at radius 2 is 1.71 bits per heavy atom. The van der Waals surface area contributed by atoms with E-state index in [0.29, 0.717) is 75.6 Å². The van der Waals surface area contributed by atoms with Crippen molar-refractivity contribution in [2.24, 2.45) is 7.05 Å². The molecule has 4 amide bonds. The van der Waals surface area contributed by atoms with Gasteiger partial charge in [0, 0.05) is 88.2 Å². The van der Waals surface area contributed by atoms with Gasteiger partial charge in [0.2, 0.25) is 29.5 Å². The van der Waals surface area contributed by atoms with E-state index in [0.717, 1.165) is 95.2 Å². The van der Waals surface area contributed by atoms with Crippen LogP contribution in [0.3, 0.4) is 0 Å². The Morgan fingerprint density at radius 1 is 0.924 bits per heavy atom. The number of carbonyl (C=O) groups excluding carboxylic acids is 4. The molecule has 3 fully saturated rings. The first kappa shape index (κ1) is 43.1. The Hall–Kier alpha value is -6.82. The molecule has 18 heteroatoms. The number of imide groups is 1. The van der Waals surface area contributed by atoms with Crippen LogP contribution in [-0.2, 0) is 45.6 Å². The molecule has 1 atom stereocenters. The first-order valence-electron chi connectivity index (χ1n) is 22.9. The summed E-state index contributed by atoms with van der Waals surface area (Å²) in [7, 11) is 1.91. The Kier molecular flexibility index (Phi) is 11.2. The van der Waals surface area contributed by atoms with Gasteiger partial charge in [-0.05, 0) is 69.9 Å². The lowest BCUT2D eigenvalue weighted by atomic mass is 9.92. The molecule has 2 aromatic carbocycles. The minimum Gasteiger partial charge on any atom is -0.474 e. The molecule has 2 N–H and O–H groups in total. The Balaban J connectivity index is 0.713. The maximum absolute atomic E-state index is 13.5. The van der Waals surface area contributed by atoms with Crippen LogP contribution in [0.1, 0.15) is 67.6 Å². The summed E-state index contributed by atoms with van der Waals surface area (Å²) in [4.78, 5) is 76.0. The summed E-state index contributed by atoms with van der Waals surface area (Å²) >= 11 is 0. The molecular formula is C48H56N12O6. The third kappa shape index (κ3) is 8.45. The van der Waals surface area contributed by atoms with Gasteiger partial charge in [-0.25, -0.2) is 19.7 Å². The van der Waals surface area contributed by atoms with Crippen LogP contribution in [-0.4, -0.2) is 129 Å². The summed E-state index contributed by atoms with van der Waals surface area (Å²) in [5, 5.41) is 11.5. The van der Waals surface area contributed by atoms with Crippen molar-refractivity contribution in [2.45, 2.75) is 77.5 Å². The molecule has 1 unspecified atom stereocenters. The van der Waals surface area contributed by atoms with Crippen LogP contribution < -0.4 is 30.1 Å². The van der Waals surface area contributed by atoms with Crippen molar-refractivity contribution in [3.8, 4) is 5.88 Å². The largest absolute Gasteiger partial charge is 0.474 e. The highest BCUT2D eigenvalue weighted by Gasteiger charge is 2.38. The van der Waals surface area contributed by atoms with E-state index in [1.165, 1.54) is 0 Å². The highest BCUT2D eigenvalue weighted by Crippen LogP contribution is 2.40. The third-order valence-corrected chi connectivity index (χ3v) is 13.4. The zero-order valence-electron chi connectivity index (χ0n) is 38.2. The van der Waals surface area contributed by atoms with Gasteiger partial charge >= 0.3 is 6.09 Å². The van der Waals surface area contributed by atoms with Gasteiger partial charge in [-0.15, -0.1) is 0 Å². The topological polar surface area (TPSA) is 183 Å². The lowest BCUT2D eigenvalue weighted by molar-refractivity contribution is -0.134. The van der Waals surface area contributed by atoms with Crippen molar-refractivity contribution in [3.05, 3.63) is 82.9 Å². The number of aromatic nitrogens is 5. The number of hydrogen-bond acceptors (Lipinski definition) is 14. The number of fused-ring (bicyclic) bond motifs is 3. The molecule has 5 aliphatic heterocycles. The average molecular weight is 897 g/mol. The third-order valence-electron chi connectivity index (χ3n) is 13.4. The predicted molar refractivity (Wildman–Crippen MR) is 248 cm³/mol. The van der Waals surface area contributed by atoms with E-state index in [1.807, 2.05) is 93.1 Å². The number of piperazine rings is 1. The van der Waals surface area contributed by atoms with Crippen molar-refractivity contribution < 1.29 is 28.7 Å². The number of nitrogens with one attached hydrogen (secondary N) is 2. The van der Waals surface area contributed by atoms with Crippen molar-refractivity contribution in [1.82, 2.24) is 39.8 Å². The van der Waals surface area contributed by atoms with Crippen LogP contribution in [0.2, 0.25) is 0 Å². The van der Waals surface area contributed by atoms with Gasteiger partial charge in [-0.2, -0.15) is 5.10 Å². The van der Waals surface area contributed by atoms with Gasteiger partial charge in [0.15, 0.2) is 0 Å². The summed E-state index contributed by atoms with van der Waals surface area (Å²) in [6, 6.07) is 14.4. The number of piperidine rings is 1. The van der Waals surface area contributed by atoms with Gasteiger partial charge in [-0.1, -0.05) is 24.3 Å². The molecule has 66 heavy (non-hydrogen) atoms. The SMILES string of the molecule is Cc1c(N2CCc3cnc(Nc4ccc(CC(=O)N5CCN(C6CN(c7cccc8c(C9CCC(=O)NC9=O)nn(C)c78)C6)CC5)cc4)nc3C2)cnc2c1N(C(=O)OC(C)(C)C)CCO2. The summed E-state index contributed by atoms with van der Waals surface area (Å²) < 4.78 is 13.4. The number of carbonyl (C=O) groups is 4. The number of pyridine rings is 1. The summed E-state index contributed by atoms with van der Waals surface area (Å²) in [6.45, 7) is 14.4. The highest BCUT2D eigenvalue weighted by atomic mass is 16.6. The molecule has 8 heterocycles. The molecule has 0 aliphatic carbocycles. The van der Waals surface area contributed by atoms with Gasteiger partial charge in [0.25, 0.3) is 0 Å². The van der Waals surface area contributed by atoms with Gasteiger partial charge in [0.1, 0.15) is 17.9 Å². The normalized spacial score (nSPS) is 19.2. The molecule has 3 aromatic heterocycles. The first-order chi connectivity index (χ1) is 31.8. The van der Waals surface area contributed by atoms with E-state index < -0.39 is 17.6 Å². The van der Waals surface area contributed by atoms with Gasteiger partial charge < -0.3 is 29.5 Å². The smallest absolute Gasteiger partial charge is 0.415 e. The molecule has 5 aromatic rings. The fraction of sp³-hybridized carbons (Fsp3) is 0.458. The van der Waals surface area contributed by atoms with Crippen molar-refractivity contribution in [1.29, 1.82) is 0 Å². The van der Waals surface area contributed by atoms with Crippen LogP contribution in [0, 0.1) is 6.92 Å². The van der Waals surface area contributed by atoms with Crippen LogP contribution in [0.25, 0.3) is 10.9 Å². The van der Waals surface area contributed by atoms with Gasteiger partial charge in [0.05, 0.1) is 59.9 Å². The molecule has 0 radical (unpaired) electrons. The fourth-order valence-corrected chi connectivity index (χ4v) is 9.87. The summed E-state index contributed by atoms with van der Waals surface area (Å²) in [5.41, 5.74) is 8.40. The maximum Gasteiger partial charge on any atom is 0.415 e. The monoisotopic (exact) mass is 896 g/mol. The number of para-hydroxylation sites is 1. The molecule has 3 saturated heterocycles. The quantitative estimate of drug-likeness (QED) is 0.206. The van der Waals surface area contributed by atoms with E-state index in [1.54, 1.807) is 4.90 Å². The lowest BCUT2D eigenvalue weighted by Crippen LogP contribution is -2.63. The average Bonchev–Trinajstić information content (AvgIpc) is 3.62. The number of ether oxygens (including phenoxy) is 2. The molecule has 18 nitrogen and oxygen atoms in total. The molecule has 10 rings (SSSR count). The van der Waals surface area contributed by atoms with E-state index >= 15 is 0 Å². The van der Waals surface area contributed by atoms with E-state index in [9.17, 15) is 19.2 Å². The second kappa shape index (κ2) is 17.2. The van der Waals surface area contributed by atoms with Crippen LogP contribution in [0.15, 0.2) is 54.9 Å². The molecule has 0 spiro atoms. The van der Waals surface area contributed by atoms with Gasteiger partial charge in [-0.3, -0.25) is 34.2 Å². The second-order valence-electron chi connectivity index (χ2n) is 18.9. The predicted octanol–water partition coefficient (Wildman–Crippen LogP) is 4.60. The summed E-state index contributed by atoms with van der Waals surface area (Å²) in [6.07, 6.45) is 5.15. The first-order valence-corrected chi connectivity index (χ1v) is 22.9. The number of benzene rings is 2. The molecule has 0 bridgehead atoms. The van der Waals surface area contributed by atoms with Crippen molar-refractivity contribution in [3.63, 3.8) is 0 Å². The van der Waals surface area contributed by atoms with Crippen molar-refractivity contribution >= 4 is 63.4 Å². The minimum absolute atomic E-state index is 0.123. The molecule has 5 aliphatic rings. The summed E-state index contributed by atoms with van der Waals surface area (Å²) in [5.74, 6) is 0.0939. The number of nitrogens with zero attached hydrogens (tertiary/aromatic N) is 10. The number of amides is 4. The van der Waals surface area contributed by atoms with E-state index in [2.05, 4.69) is 41.4 Å². The highest BCUT2D eigenvalue weighted by molar-refractivity contribution is 6.03. The van der Waals surface area contributed by atoms with Crippen molar-refractivity contribution in [2.75, 3.05) is 79.0 Å². The zero-order valence-corrected chi connectivity index (χ0v) is 38.2. The molecule has 344 valence electrons. The van der Waals surface area contributed by atoms with E-state index in [-0.39, 0.29) is 17.7 Å². The number of aryl methyl sites for hydroxylation is 1. The van der Waals surface area contributed by atoms with Crippen LogP contribution in [0.4, 0.5) is 33.5 Å².